The lowest BCUT2D eigenvalue weighted by Gasteiger charge is -2.19. The zero-order chi connectivity index (χ0) is 16.2. The Morgan fingerprint density at radius 3 is 2.74 bits per heavy atom. The molecule has 1 aromatic carbocycles. The smallest absolute Gasteiger partial charge is 0.267 e. The van der Waals surface area contributed by atoms with Crippen LogP contribution >= 0.6 is 0 Å². The van der Waals surface area contributed by atoms with Gasteiger partial charge in [-0.05, 0) is 36.8 Å². The zero-order valence-electron chi connectivity index (χ0n) is 13.4. The molecule has 23 heavy (non-hydrogen) atoms. The molecule has 0 saturated heterocycles. The van der Waals surface area contributed by atoms with Crippen molar-refractivity contribution in [1.82, 2.24) is 14.7 Å². The van der Waals surface area contributed by atoms with Gasteiger partial charge in [-0.15, -0.1) is 0 Å². The summed E-state index contributed by atoms with van der Waals surface area (Å²) in [4.78, 5) is 26.1. The molecule has 0 unspecified atom stereocenters. The van der Waals surface area contributed by atoms with E-state index in [9.17, 15) is 9.59 Å². The molecular weight excluding hydrogens is 290 g/mol. The van der Waals surface area contributed by atoms with Crippen molar-refractivity contribution in [3.63, 3.8) is 0 Å². The molecule has 1 aliphatic carbocycles. The highest BCUT2D eigenvalue weighted by molar-refractivity contribution is 5.75. The fourth-order valence-corrected chi connectivity index (χ4v) is 2.91. The average Bonchev–Trinajstić information content (AvgIpc) is 2.56. The number of hydrogen-bond acceptors (Lipinski definition) is 3. The highest BCUT2D eigenvalue weighted by atomic mass is 16.2. The van der Waals surface area contributed by atoms with Gasteiger partial charge in [0.05, 0.1) is 5.69 Å². The van der Waals surface area contributed by atoms with Crippen LogP contribution in [0.25, 0.3) is 0 Å². The first-order valence-corrected chi connectivity index (χ1v) is 8.01. The third-order valence-corrected chi connectivity index (χ3v) is 4.25. The Hall–Kier alpha value is -2.43. The van der Waals surface area contributed by atoms with Crippen LogP contribution in [-0.2, 0) is 30.7 Å². The van der Waals surface area contributed by atoms with Gasteiger partial charge in [0.25, 0.3) is 5.56 Å². The van der Waals surface area contributed by atoms with Crippen molar-refractivity contribution in [2.24, 2.45) is 0 Å². The number of carbonyl (C=O) groups is 1. The van der Waals surface area contributed by atoms with Crippen LogP contribution in [0.15, 0.2) is 41.2 Å². The van der Waals surface area contributed by atoms with E-state index in [1.165, 1.54) is 4.68 Å². The molecule has 0 fully saturated rings. The SMILES string of the molecule is CN(Cc1ccccc1)C(=O)Cn1nc2c(cc1=O)CCCC2. The first-order valence-electron chi connectivity index (χ1n) is 8.01. The van der Waals surface area contributed by atoms with Crippen LogP contribution in [0.3, 0.4) is 0 Å². The third-order valence-electron chi connectivity index (χ3n) is 4.25. The van der Waals surface area contributed by atoms with Gasteiger partial charge in [-0.2, -0.15) is 5.10 Å². The van der Waals surface area contributed by atoms with E-state index in [1.807, 2.05) is 30.3 Å². The summed E-state index contributed by atoms with van der Waals surface area (Å²) in [6, 6.07) is 11.4. The lowest BCUT2D eigenvalue weighted by Crippen LogP contribution is -2.35. The number of hydrogen-bond donors (Lipinski definition) is 0. The van der Waals surface area contributed by atoms with Gasteiger partial charge in [0.15, 0.2) is 0 Å². The monoisotopic (exact) mass is 311 g/mol. The molecule has 0 aliphatic heterocycles. The summed E-state index contributed by atoms with van der Waals surface area (Å²) in [6.07, 6.45) is 4.01. The molecule has 5 heteroatoms. The van der Waals surface area contributed by atoms with Crippen molar-refractivity contribution in [2.75, 3.05) is 7.05 Å². The Kier molecular flexibility index (Phi) is 4.55. The van der Waals surface area contributed by atoms with Crippen molar-refractivity contribution in [3.8, 4) is 0 Å². The molecule has 120 valence electrons. The minimum atomic E-state index is -0.188. The number of benzene rings is 1. The number of amides is 1. The fraction of sp³-hybridized carbons (Fsp3) is 0.389. The normalized spacial score (nSPS) is 13.4. The second-order valence-corrected chi connectivity index (χ2v) is 6.05. The zero-order valence-corrected chi connectivity index (χ0v) is 13.4. The third kappa shape index (κ3) is 3.67. The van der Waals surface area contributed by atoms with Crippen LogP contribution in [0.5, 0.6) is 0 Å². The Labute approximate surface area is 135 Å². The van der Waals surface area contributed by atoms with Crippen LogP contribution < -0.4 is 5.56 Å². The van der Waals surface area contributed by atoms with E-state index in [-0.39, 0.29) is 18.0 Å². The highest BCUT2D eigenvalue weighted by Gasteiger charge is 2.16. The van der Waals surface area contributed by atoms with Gasteiger partial charge in [-0.25, -0.2) is 4.68 Å². The van der Waals surface area contributed by atoms with Gasteiger partial charge in [0.2, 0.25) is 5.91 Å². The maximum Gasteiger partial charge on any atom is 0.267 e. The summed E-state index contributed by atoms with van der Waals surface area (Å²) in [5, 5.41) is 4.40. The van der Waals surface area contributed by atoms with E-state index in [0.717, 1.165) is 42.5 Å². The second kappa shape index (κ2) is 6.77. The minimum absolute atomic E-state index is 0.00452. The molecule has 1 aromatic heterocycles. The molecule has 0 saturated carbocycles. The van der Waals surface area contributed by atoms with Crippen LogP contribution in [0.1, 0.15) is 29.7 Å². The summed E-state index contributed by atoms with van der Waals surface area (Å²) < 4.78 is 1.30. The first-order chi connectivity index (χ1) is 11.1. The van der Waals surface area contributed by atoms with Gasteiger partial charge in [-0.1, -0.05) is 30.3 Å². The molecule has 1 amide bonds. The van der Waals surface area contributed by atoms with Crippen LogP contribution in [0.4, 0.5) is 0 Å². The number of aromatic nitrogens is 2. The lowest BCUT2D eigenvalue weighted by molar-refractivity contribution is -0.131. The average molecular weight is 311 g/mol. The van der Waals surface area contributed by atoms with Gasteiger partial charge < -0.3 is 4.90 Å². The molecule has 0 bridgehead atoms. The number of carbonyl (C=O) groups excluding carboxylic acids is 1. The fourth-order valence-electron chi connectivity index (χ4n) is 2.91. The van der Waals surface area contributed by atoms with E-state index in [1.54, 1.807) is 18.0 Å². The van der Waals surface area contributed by atoms with E-state index in [0.29, 0.717) is 6.54 Å². The summed E-state index contributed by atoms with van der Waals surface area (Å²) in [5.41, 5.74) is 2.89. The van der Waals surface area contributed by atoms with E-state index >= 15 is 0 Å². The maximum atomic E-state index is 12.4. The Morgan fingerprint density at radius 1 is 1.22 bits per heavy atom. The van der Waals surface area contributed by atoms with Crippen molar-refractivity contribution in [3.05, 3.63) is 63.6 Å². The Balaban J connectivity index is 1.71. The molecule has 0 atom stereocenters. The first kappa shape index (κ1) is 15.5. The lowest BCUT2D eigenvalue weighted by atomic mass is 9.97. The predicted octanol–water partition coefficient (Wildman–Crippen LogP) is 1.78. The van der Waals surface area contributed by atoms with Crippen LogP contribution in [0.2, 0.25) is 0 Å². The van der Waals surface area contributed by atoms with Gasteiger partial charge in [-0.3, -0.25) is 9.59 Å². The van der Waals surface area contributed by atoms with Crippen molar-refractivity contribution < 1.29 is 4.79 Å². The van der Waals surface area contributed by atoms with E-state index in [4.69, 9.17) is 0 Å². The summed E-state index contributed by atoms with van der Waals surface area (Å²) in [5.74, 6) is -0.112. The van der Waals surface area contributed by atoms with Crippen molar-refractivity contribution in [1.29, 1.82) is 0 Å². The largest absolute Gasteiger partial charge is 0.340 e. The maximum absolute atomic E-state index is 12.4. The van der Waals surface area contributed by atoms with Crippen LogP contribution in [-0.4, -0.2) is 27.6 Å². The predicted molar refractivity (Wildman–Crippen MR) is 88.1 cm³/mol. The minimum Gasteiger partial charge on any atom is -0.340 e. The Morgan fingerprint density at radius 2 is 1.96 bits per heavy atom. The van der Waals surface area contributed by atoms with Crippen molar-refractivity contribution >= 4 is 5.91 Å². The van der Waals surface area contributed by atoms with E-state index in [2.05, 4.69) is 5.10 Å². The standard InChI is InChI=1S/C18H21N3O2/c1-20(12-14-7-3-2-4-8-14)18(23)13-21-17(22)11-15-9-5-6-10-16(15)19-21/h2-4,7-8,11H,5-6,9-10,12-13H2,1H3. The highest BCUT2D eigenvalue weighted by Crippen LogP contribution is 2.16. The summed E-state index contributed by atoms with van der Waals surface area (Å²) in [7, 11) is 1.75. The number of nitrogens with zero attached hydrogens (tertiary/aromatic N) is 3. The number of aryl methyl sites for hydroxylation is 2. The molecule has 1 heterocycles. The topological polar surface area (TPSA) is 55.2 Å². The van der Waals surface area contributed by atoms with Gasteiger partial charge in [0.1, 0.15) is 6.54 Å². The van der Waals surface area contributed by atoms with Gasteiger partial charge in [0, 0.05) is 19.7 Å². The van der Waals surface area contributed by atoms with Gasteiger partial charge >= 0.3 is 0 Å². The molecule has 3 rings (SSSR count). The quantitative estimate of drug-likeness (QED) is 0.865. The van der Waals surface area contributed by atoms with E-state index < -0.39 is 0 Å². The van der Waals surface area contributed by atoms with Crippen molar-refractivity contribution in [2.45, 2.75) is 38.8 Å². The number of likely N-dealkylation sites (N-methyl/N-ethyl adjacent to an activating group) is 1. The molecular formula is C18H21N3O2. The summed E-state index contributed by atoms with van der Waals surface area (Å²) >= 11 is 0. The molecule has 0 N–H and O–H groups in total. The number of rotatable bonds is 4. The molecule has 5 nitrogen and oxygen atoms in total. The Bertz CT molecular complexity index is 753. The molecule has 1 aliphatic rings. The molecule has 2 aromatic rings. The summed E-state index contributed by atoms with van der Waals surface area (Å²) in [6.45, 7) is 0.523. The molecule has 0 spiro atoms. The second-order valence-electron chi connectivity index (χ2n) is 6.05. The molecule has 0 radical (unpaired) electrons. The van der Waals surface area contributed by atoms with Crippen LogP contribution in [0, 0.1) is 0 Å². The number of fused-ring (bicyclic) bond motifs is 1.